The van der Waals surface area contributed by atoms with Crippen LogP contribution in [0.5, 0.6) is 5.75 Å². The number of para-hydroxylation sites is 1. The predicted molar refractivity (Wildman–Crippen MR) is 102 cm³/mol. The first-order chi connectivity index (χ1) is 13.0. The Morgan fingerprint density at radius 1 is 1.04 bits per heavy atom. The van der Waals surface area contributed by atoms with Gasteiger partial charge in [0, 0.05) is 31.7 Å². The SMILES string of the molecule is CC(=O)c1ccc(N2CCN(C(=O)C(C)Oc3ccccc3)CC2)c(F)c1. The van der Waals surface area contributed by atoms with E-state index in [0.717, 1.165) is 0 Å². The fraction of sp³-hybridized carbons (Fsp3) is 0.333. The number of Topliss-reactive ketones (excluding diaryl/α,β-unsaturated/α-hetero) is 1. The first kappa shape index (κ1) is 18.9. The molecule has 0 bridgehead atoms. The number of ether oxygens (including phenoxy) is 1. The van der Waals surface area contributed by atoms with Crippen molar-refractivity contribution in [2.45, 2.75) is 20.0 Å². The molecular weight excluding hydrogens is 347 g/mol. The van der Waals surface area contributed by atoms with Gasteiger partial charge in [-0.05, 0) is 44.2 Å². The van der Waals surface area contributed by atoms with Gasteiger partial charge in [-0.25, -0.2) is 4.39 Å². The molecule has 0 N–H and O–H groups in total. The zero-order chi connectivity index (χ0) is 19.4. The summed E-state index contributed by atoms with van der Waals surface area (Å²) < 4.78 is 20.0. The molecule has 6 heteroatoms. The van der Waals surface area contributed by atoms with Crippen LogP contribution in [0.1, 0.15) is 24.2 Å². The van der Waals surface area contributed by atoms with E-state index in [1.807, 2.05) is 35.2 Å². The molecule has 1 heterocycles. The van der Waals surface area contributed by atoms with Crippen LogP contribution in [0.3, 0.4) is 0 Å². The van der Waals surface area contributed by atoms with E-state index in [2.05, 4.69) is 0 Å². The van der Waals surface area contributed by atoms with E-state index >= 15 is 0 Å². The highest BCUT2D eigenvalue weighted by Crippen LogP contribution is 2.23. The second kappa shape index (κ2) is 8.20. The monoisotopic (exact) mass is 370 g/mol. The summed E-state index contributed by atoms with van der Waals surface area (Å²) in [6.45, 7) is 5.20. The van der Waals surface area contributed by atoms with Gasteiger partial charge in [0.05, 0.1) is 5.69 Å². The maximum Gasteiger partial charge on any atom is 0.263 e. The number of anilines is 1. The summed E-state index contributed by atoms with van der Waals surface area (Å²) in [4.78, 5) is 27.6. The minimum absolute atomic E-state index is 0.0779. The minimum Gasteiger partial charge on any atom is -0.481 e. The van der Waals surface area contributed by atoms with E-state index < -0.39 is 11.9 Å². The fourth-order valence-electron chi connectivity index (χ4n) is 3.16. The molecule has 0 spiro atoms. The Labute approximate surface area is 158 Å². The Kier molecular flexibility index (Phi) is 5.74. The molecule has 0 aromatic heterocycles. The van der Waals surface area contributed by atoms with Crippen LogP contribution in [0.25, 0.3) is 0 Å². The van der Waals surface area contributed by atoms with E-state index in [1.54, 1.807) is 24.0 Å². The van der Waals surface area contributed by atoms with Crippen molar-refractivity contribution in [3.63, 3.8) is 0 Å². The van der Waals surface area contributed by atoms with Crippen molar-refractivity contribution in [1.82, 2.24) is 4.90 Å². The average Bonchev–Trinajstić information content (AvgIpc) is 2.68. The molecule has 3 rings (SSSR count). The Morgan fingerprint density at radius 2 is 1.70 bits per heavy atom. The Morgan fingerprint density at radius 3 is 2.30 bits per heavy atom. The standard InChI is InChI=1S/C21H23FN2O3/c1-15(25)17-8-9-20(19(22)14-17)23-10-12-24(13-11-23)21(26)16(2)27-18-6-4-3-5-7-18/h3-9,14,16H,10-13H2,1-2H3. The number of carbonyl (C=O) groups is 2. The maximum absolute atomic E-state index is 14.3. The summed E-state index contributed by atoms with van der Waals surface area (Å²) >= 11 is 0. The largest absolute Gasteiger partial charge is 0.481 e. The first-order valence-corrected chi connectivity index (χ1v) is 9.01. The molecule has 27 heavy (non-hydrogen) atoms. The van der Waals surface area contributed by atoms with Crippen molar-refractivity contribution in [2.24, 2.45) is 0 Å². The Bertz CT molecular complexity index is 817. The lowest BCUT2D eigenvalue weighted by molar-refractivity contribution is -0.138. The number of carbonyl (C=O) groups excluding carboxylic acids is 2. The summed E-state index contributed by atoms with van der Waals surface area (Å²) in [7, 11) is 0. The van der Waals surface area contributed by atoms with Gasteiger partial charge in [0.25, 0.3) is 5.91 Å². The van der Waals surface area contributed by atoms with Crippen LogP contribution < -0.4 is 9.64 Å². The van der Waals surface area contributed by atoms with Crippen LogP contribution in [0.2, 0.25) is 0 Å². The Hall–Kier alpha value is -2.89. The van der Waals surface area contributed by atoms with Crippen LogP contribution in [-0.4, -0.2) is 48.9 Å². The smallest absolute Gasteiger partial charge is 0.263 e. The minimum atomic E-state index is -0.578. The molecule has 2 aromatic carbocycles. The van der Waals surface area contributed by atoms with Gasteiger partial charge in [-0.15, -0.1) is 0 Å². The van der Waals surface area contributed by atoms with Gasteiger partial charge in [-0.3, -0.25) is 9.59 Å². The molecule has 2 aromatic rings. The molecule has 142 valence electrons. The maximum atomic E-state index is 14.3. The zero-order valence-electron chi connectivity index (χ0n) is 15.5. The highest BCUT2D eigenvalue weighted by atomic mass is 19.1. The number of nitrogens with zero attached hydrogens (tertiary/aromatic N) is 2. The van der Waals surface area contributed by atoms with E-state index in [1.165, 1.54) is 13.0 Å². The third-order valence-electron chi connectivity index (χ3n) is 4.69. The van der Waals surface area contributed by atoms with E-state index in [4.69, 9.17) is 4.74 Å². The predicted octanol–water partition coefficient (Wildman–Crippen LogP) is 3.14. The van der Waals surface area contributed by atoms with Crippen LogP contribution in [0.15, 0.2) is 48.5 Å². The first-order valence-electron chi connectivity index (χ1n) is 9.01. The Balaban J connectivity index is 1.58. The van der Waals surface area contributed by atoms with Crippen molar-refractivity contribution in [3.8, 4) is 5.75 Å². The number of ketones is 1. The van der Waals surface area contributed by atoms with Crippen LogP contribution in [-0.2, 0) is 4.79 Å². The second-order valence-corrected chi connectivity index (χ2v) is 6.61. The van der Waals surface area contributed by atoms with Crippen molar-refractivity contribution in [3.05, 3.63) is 59.9 Å². The van der Waals surface area contributed by atoms with E-state index in [9.17, 15) is 14.0 Å². The molecule has 1 amide bonds. The number of benzene rings is 2. The van der Waals surface area contributed by atoms with Crippen molar-refractivity contribution >= 4 is 17.4 Å². The van der Waals surface area contributed by atoms with Gasteiger partial charge in [0.2, 0.25) is 0 Å². The number of amides is 1. The number of rotatable bonds is 5. The molecule has 0 radical (unpaired) electrons. The van der Waals surface area contributed by atoms with Crippen LogP contribution in [0, 0.1) is 5.82 Å². The summed E-state index contributed by atoms with van der Waals surface area (Å²) in [6.07, 6.45) is -0.578. The molecule has 1 saturated heterocycles. The molecule has 5 nitrogen and oxygen atoms in total. The lowest BCUT2D eigenvalue weighted by Gasteiger charge is -2.37. The number of hydrogen-bond donors (Lipinski definition) is 0. The molecular formula is C21H23FN2O3. The van der Waals surface area contributed by atoms with Crippen LogP contribution in [0.4, 0.5) is 10.1 Å². The number of hydrogen-bond acceptors (Lipinski definition) is 4. The van der Waals surface area contributed by atoms with Crippen molar-refractivity contribution < 1.29 is 18.7 Å². The van der Waals surface area contributed by atoms with Crippen molar-refractivity contribution in [2.75, 3.05) is 31.1 Å². The highest BCUT2D eigenvalue weighted by Gasteiger charge is 2.27. The number of halogens is 1. The summed E-state index contributed by atoms with van der Waals surface area (Å²) in [6, 6.07) is 13.8. The van der Waals surface area contributed by atoms with Crippen molar-refractivity contribution in [1.29, 1.82) is 0 Å². The quantitative estimate of drug-likeness (QED) is 0.759. The average molecular weight is 370 g/mol. The summed E-state index contributed by atoms with van der Waals surface area (Å²) in [5.41, 5.74) is 0.817. The third kappa shape index (κ3) is 4.45. The molecule has 1 fully saturated rings. The normalized spacial score (nSPS) is 15.4. The molecule has 1 unspecified atom stereocenters. The highest BCUT2D eigenvalue weighted by molar-refractivity contribution is 5.94. The van der Waals surface area contributed by atoms with E-state index in [0.29, 0.717) is 43.2 Å². The molecule has 0 aliphatic carbocycles. The van der Waals surface area contributed by atoms with Crippen LogP contribution >= 0.6 is 0 Å². The summed E-state index contributed by atoms with van der Waals surface area (Å²) in [5.74, 6) is 0.00189. The lowest BCUT2D eigenvalue weighted by Crippen LogP contribution is -2.52. The lowest BCUT2D eigenvalue weighted by atomic mass is 10.1. The van der Waals surface area contributed by atoms with Gasteiger partial charge in [-0.2, -0.15) is 0 Å². The fourth-order valence-corrected chi connectivity index (χ4v) is 3.16. The van der Waals surface area contributed by atoms with E-state index in [-0.39, 0.29) is 11.7 Å². The van der Waals surface area contributed by atoms with Gasteiger partial charge < -0.3 is 14.5 Å². The molecule has 1 aliphatic rings. The third-order valence-corrected chi connectivity index (χ3v) is 4.69. The van der Waals surface area contributed by atoms with Gasteiger partial charge in [0.1, 0.15) is 11.6 Å². The number of piperazine rings is 1. The van der Waals surface area contributed by atoms with Gasteiger partial charge in [0.15, 0.2) is 11.9 Å². The molecule has 0 saturated carbocycles. The molecule has 1 atom stereocenters. The molecule has 1 aliphatic heterocycles. The second-order valence-electron chi connectivity index (χ2n) is 6.61. The zero-order valence-corrected chi connectivity index (χ0v) is 15.5. The summed E-state index contributed by atoms with van der Waals surface area (Å²) in [5, 5.41) is 0. The topological polar surface area (TPSA) is 49.9 Å². The van der Waals surface area contributed by atoms with Gasteiger partial charge in [-0.1, -0.05) is 18.2 Å². The van der Waals surface area contributed by atoms with Gasteiger partial charge >= 0.3 is 0 Å².